The second kappa shape index (κ2) is 9.27. The average molecular weight is 454 g/mol. The first-order chi connectivity index (χ1) is 15.0. The third-order valence-electron chi connectivity index (χ3n) is 4.48. The van der Waals surface area contributed by atoms with Gasteiger partial charge in [0, 0.05) is 22.9 Å². The molecule has 31 heavy (non-hydrogen) atoms. The monoisotopic (exact) mass is 453 g/mol. The quantitative estimate of drug-likeness (QED) is 0.320. The Kier molecular flexibility index (Phi) is 6.28. The second-order valence-corrected chi connectivity index (χ2v) is 7.44. The maximum absolute atomic E-state index is 12.3. The van der Waals surface area contributed by atoms with Crippen LogP contribution in [0.15, 0.2) is 81.6 Å². The molecule has 0 aliphatic heterocycles. The van der Waals surface area contributed by atoms with Gasteiger partial charge in [0.1, 0.15) is 29.6 Å². The molecule has 4 rings (SSSR count). The minimum absolute atomic E-state index is 0.205. The summed E-state index contributed by atoms with van der Waals surface area (Å²) in [7, 11) is 0. The SMILES string of the molecule is O=C(/C=C/c1ccc(-c2ccccc2Cl)o1)Nc1ccc(Cl)c(-c2ccc(CO)o2)c1. The first kappa shape index (κ1) is 21.0. The lowest BCUT2D eigenvalue weighted by molar-refractivity contribution is -0.111. The Morgan fingerprint density at radius 1 is 0.903 bits per heavy atom. The van der Waals surface area contributed by atoms with Crippen molar-refractivity contribution in [2.75, 3.05) is 5.32 Å². The summed E-state index contributed by atoms with van der Waals surface area (Å²) in [5, 5.41) is 13.0. The highest BCUT2D eigenvalue weighted by atomic mass is 35.5. The molecule has 2 aromatic heterocycles. The van der Waals surface area contributed by atoms with Gasteiger partial charge >= 0.3 is 0 Å². The molecule has 0 spiro atoms. The number of aliphatic hydroxyl groups is 1. The van der Waals surface area contributed by atoms with E-state index in [-0.39, 0.29) is 12.5 Å². The summed E-state index contributed by atoms with van der Waals surface area (Å²) in [6.45, 7) is -0.205. The summed E-state index contributed by atoms with van der Waals surface area (Å²) in [6, 6.07) is 19.4. The molecular formula is C24H17Cl2NO4. The second-order valence-electron chi connectivity index (χ2n) is 6.62. The number of halogens is 2. The third-order valence-corrected chi connectivity index (χ3v) is 5.14. The van der Waals surface area contributed by atoms with Crippen LogP contribution in [0.4, 0.5) is 5.69 Å². The zero-order valence-electron chi connectivity index (χ0n) is 16.1. The number of anilines is 1. The van der Waals surface area contributed by atoms with Crippen molar-refractivity contribution in [3.63, 3.8) is 0 Å². The molecule has 5 nitrogen and oxygen atoms in total. The molecule has 0 radical (unpaired) electrons. The molecule has 4 aromatic rings. The van der Waals surface area contributed by atoms with Gasteiger partial charge < -0.3 is 19.3 Å². The van der Waals surface area contributed by atoms with Crippen molar-refractivity contribution in [3.05, 3.63) is 94.4 Å². The van der Waals surface area contributed by atoms with Crippen LogP contribution in [-0.4, -0.2) is 11.0 Å². The van der Waals surface area contributed by atoms with Crippen molar-refractivity contribution >= 4 is 40.9 Å². The van der Waals surface area contributed by atoms with E-state index in [1.165, 1.54) is 6.08 Å². The Morgan fingerprint density at radius 3 is 2.42 bits per heavy atom. The van der Waals surface area contributed by atoms with E-state index in [1.54, 1.807) is 54.6 Å². The molecule has 0 aliphatic carbocycles. The highest BCUT2D eigenvalue weighted by Gasteiger charge is 2.11. The Bertz CT molecular complexity index is 1260. The van der Waals surface area contributed by atoms with Crippen LogP contribution in [0.2, 0.25) is 10.0 Å². The molecule has 2 heterocycles. The number of hydrogen-bond acceptors (Lipinski definition) is 4. The van der Waals surface area contributed by atoms with Gasteiger partial charge in [0.05, 0.1) is 10.0 Å². The zero-order chi connectivity index (χ0) is 21.8. The van der Waals surface area contributed by atoms with Gasteiger partial charge in [0.15, 0.2) is 0 Å². The van der Waals surface area contributed by atoms with Gasteiger partial charge in [-0.25, -0.2) is 0 Å². The van der Waals surface area contributed by atoms with Crippen molar-refractivity contribution in [2.45, 2.75) is 6.61 Å². The van der Waals surface area contributed by atoms with E-state index >= 15 is 0 Å². The third kappa shape index (κ3) is 4.91. The number of aliphatic hydroxyl groups excluding tert-OH is 1. The molecular weight excluding hydrogens is 437 g/mol. The number of carbonyl (C=O) groups is 1. The normalized spacial score (nSPS) is 11.2. The standard InChI is InChI=1S/C24H17Cl2NO4/c25-20-4-2-1-3-18(20)22-10-6-16(30-22)8-12-24(29)27-15-5-9-21(26)19(13-15)23-11-7-17(14-28)31-23/h1-13,28H,14H2,(H,27,29)/b12-8+. The zero-order valence-corrected chi connectivity index (χ0v) is 17.7. The van der Waals surface area contributed by atoms with Crippen LogP contribution >= 0.6 is 23.2 Å². The molecule has 2 N–H and O–H groups in total. The number of benzene rings is 2. The number of amides is 1. The number of furan rings is 2. The number of rotatable bonds is 6. The van der Waals surface area contributed by atoms with Gasteiger partial charge in [0.2, 0.25) is 5.91 Å². The number of hydrogen-bond donors (Lipinski definition) is 2. The summed E-state index contributed by atoms with van der Waals surface area (Å²) < 4.78 is 11.3. The molecule has 0 atom stereocenters. The van der Waals surface area contributed by atoms with Gasteiger partial charge in [-0.05, 0) is 60.7 Å². The van der Waals surface area contributed by atoms with Crippen molar-refractivity contribution in [2.24, 2.45) is 0 Å². The largest absolute Gasteiger partial charge is 0.459 e. The van der Waals surface area contributed by atoms with Crippen LogP contribution in [0.3, 0.4) is 0 Å². The molecule has 0 bridgehead atoms. The number of carbonyl (C=O) groups excluding carboxylic acids is 1. The fraction of sp³-hybridized carbons (Fsp3) is 0.0417. The van der Waals surface area contributed by atoms with Crippen molar-refractivity contribution in [3.8, 4) is 22.6 Å². The molecule has 0 saturated heterocycles. The van der Waals surface area contributed by atoms with E-state index < -0.39 is 0 Å². The Labute approximate surface area is 188 Å². The van der Waals surface area contributed by atoms with E-state index in [9.17, 15) is 4.79 Å². The van der Waals surface area contributed by atoms with Crippen molar-refractivity contribution in [1.82, 2.24) is 0 Å². The summed E-state index contributed by atoms with van der Waals surface area (Å²) in [5.74, 6) is 1.74. The van der Waals surface area contributed by atoms with Crippen LogP contribution in [0.25, 0.3) is 28.7 Å². The minimum atomic E-state index is -0.334. The van der Waals surface area contributed by atoms with E-state index in [0.29, 0.717) is 44.3 Å². The highest BCUT2D eigenvalue weighted by molar-refractivity contribution is 6.33. The van der Waals surface area contributed by atoms with E-state index in [0.717, 1.165) is 5.56 Å². The fourth-order valence-corrected chi connectivity index (χ4v) is 3.43. The van der Waals surface area contributed by atoms with Gasteiger partial charge in [-0.1, -0.05) is 35.3 Å². The van der Waals surface area contributed by atoms with Crippen LogP contribution in [0.1, 0.15) is 11.5 Å². The van der Waals surface area contributed by atoms with E-state index in [2.05, 4.69) is 5.32 Å². The molecule has 2 aromatic carbocycles. The molecule has 156 valence electrons. The predicted molar refractivity (Wildman–Crippen MR) is 122 cm³/mol. The fourth-order valence-electron chi connectivity index (χ4n) is 2.99. The lowest BCUT2D eigenvalue weighted by Crippen LogP contribution is -2.07. The molecule has 0 aliphatic rings. The topological polar surface area (TPSA) is 75.6 Å². The first-order valence-electron chi connectivity index (χ1n) is 9.37. The van der Waals surface area contributed by atoms with Crippen LogP contribution < -0.4 is 5.32 Å². The summed E-state index contributed by atoms with van der Waals surface area (Å²) in [6.07, 6.45) is 2.95. The van der Waals surface area contributed by atoms with Crippen LogP contribution in [0.5, 0.6) is 0 Å². The maximum Gasteiger partial charge on any atom is 0.248 e. The maximum atomic E-state index is 12.3. The van der Waals surface area contributed by atoms with Gasteiger partial charge in [-0.15, -0.1) is 0 Å². The van der Waals surface area contributed by atoms with E-state index in [1.807, 2.05) is 18.2 Å². The van der Waals surface area contributed by atoms with Gasteiger partial charge in [0.25, 0.3) is 0 Å². The van der Waals surface area contributed by atoms with Gasteiger partial charge in [-0.3, -0.25) is 4.79 Å². The summed E-state index contributed by atoms with van der Waals surface area (Å²) in [4.78, 5) is 12.3. The Balaban J connectivity index is 1.46. The molecule has 1 amide bonds. The van der Waals surface area contributed by atoms with Crippen molar-refractivity contribution in [1.29, 1.82) is 0 Å². The van der Waals surface area contributed by atoms with Crippen LogP contribution in [-0.2, 0) is 11.4 Å². The highest BCUT2D eigenvalue weighted by Crippen LogP contribution is 2.32. The summed E-state index contributed by atoms with van der Waals surface area (Å²) in [5.41, 5.74) is 1.94. The molecule has 0 fully saturated rings. The summed E-state index contributed by atoms with van der Waals surface area (Å²) >= 11 is 12.4. The molecule has 0 unspecified atom stereocenters. The molecule has 7 heteroatoms. The van der Waals surface area contributed by atoms with E-state index in [4.69, 9.17) is 37.1 Å². The Morgan fingerprint density at radius 2 is 1.65 bits per heavy atom. The first-order valence-corrected chi connectivity index (χ1v) is 10.1. The Hall–Kier alpha value is -3.25. The lowest BCUT2D eigenvalue weighted by atomic mass is 10.1. The predicted octanol–water partition coefficient (Wildman–Crippen LogP) is 6.66. The smallest absolute Gasteiger partial charge is 0.248 e. The number of nitrogens with one attached hydrogen (secondary N) is 1. The average Bonchev–Trinajstić information content (AvgIpc) is 3.43. The van der Waals surface area contributed by atoms with Crippen LogP contribution in [0, 0.1) is 0 Å². The molecule has 0 saturated carbocycles. The van der Waals surface area contributed by atoms with Crippen molar-refractivity contribution < 1.29 is 18.7 Å². The lowest BCUT2D eigenvalue weighted by Gasteiger charge is -2.06. The minimum Gasteiger partial charge on any atom is -0.459 e. The van der Waals surface area contributed by atoms with Gasteiger partial charge in [-0.2, -0.15) is 0 Å².